The van der Waals surface area contributed by atoms with E-state index in [0.29, 0.717) is 6.07 Å². The molecule has 0 atom stereocenters. The number of carbonyl (C=O) groups excluding carboxylic acids is 1. The molecule has 0 radical (unpaired) electrons. The Morgan fingerprint density at radius 3 is 2.18 bits per heavy atom. The molecule has 2 aromatic rings. The number of carboxylic acids is 1. The second-order valence-electron chi connectivity index (χ2n) is 4.21. The lowest BCUT2D eigenvalue weighted by atomic mass is 10.1. The fourth-order valence-electron chi connectivity index (χ4n) is 1.69. The van der Waals surface area contributed by atoms with Crippen molar-refractivity contribution in [2.75, 3.05) is 5.32 Å². The van der Waals surface area contributed by atoms with Gasteiger partial charge in [0.25, 0.3) is 5.91 Å². The van der Waals surface area contributed by atoms with E-state index >= 15 is 0 Å². The molecule has 0 spiro atoms. The number of rotatable bonds is 3. The lowest BCUT2D eigenvalue weighted by Crippen LogP contribution is -2.15. The molecular formula is C14H8F3NO4. The van der Waals surface area contributed by atoms with Gasteiger partial charge in [0.05, 0.1) is 5.56 Å². The smallest absolute Gasteiger partial charge is 0.339 e. The first kappa shape index (κ1) is 15.4. The minimum Gasteiger partial charge on any atom is -0.507 e. The van der Waals surface area contributed by atoms with Gasteiger partial charge in [-0.15, -0.1) is 0 Å². The number of benzene rings is 2. The quantitative estimate of drug-likeness (QED) is 0.761. The maximum atomic E-state index is 13.5. The Morgan fingerprint density at radius 2 is 1.59 bits per heavy atom. The van der Waals surface area contributed by atoms with E-state index in [4.69, 9.17) is 5.11 Å². The molecule has 0 aliphatic heterocycles. The maximum absolute atomic E-state index is 13.5. The lowest BCUT2D eigenvalue weighted by Gasteiger charge is -2.08. The van der Waals surface area contributed by atoms with E-state index in [2.05, 4.69) is 5.32 Å². The predicted octanol–water partition coefficient (Wildman–Crippen LogP) is 2.76. The number of amides is 1. The largest absolute Gasteiger partial charge is 0.507 e. The first-order valence-electron chi connectivity index (χ1n) is 5.82. The van der Waals surface area contributed by atoms with Crippen LogP contribution in [-0.2, 0) is 0 Å². The summed E-state index contributed by atoms with van der Waals surface area (Å²) >= 11 is 0. The number of phenols is 1. The topological polar surface area (TPSA) is 86.6 Å². The zero-order chi connectivity index (χ0) is 16.4. The van der Waals surface area contributed by atoms with Crippen molar-refractivity contribution >= 4 is 17.6 Å². The van der Waals surface area contributed by atoms with Crippen LogP contribution in [-0.4, -0.2) is 22.1 Å². The summed E-state index contributed by atoms with van der Waals surface area (Å²) in [6.45, 7) is 0. The van der Waals surface area contributed by atoms with Gasteiger partial charge < -0.3 is 15.5 Å². The molecule has 1 amide bonds. The molecular weight excluding hydrogens is 303 g/mol. The summed E-state index contributed by atoms with van der Waals surface area (Å²) < 4.78 is 39.3. The van der Waals surface area contributed by atoms with Gasteiger partial charge in [0.15, 0.2) is 17.5 Å². The third-order valence-corrected chi connectivity index (χ3v) is 2.77. The Kier molecular flexibility index (Phi) is 4.02. The van der Waals surface area contributed by atoms with Crippen LogP contribution < -0.4 is 5.32 Å². The van der Waals surface area contributed by atoms with Crippen molar-refractivity contribution in [1.82, 2.24) is 0 Å². The first-order valence-corrected chi connectivity index (χ1v) is 5.82. The average Bonchev–Trinajstić information content (AvgIpc) is 2.44. The summed E-state index contributed by atoms with van der Waals surface area (Å²) in [7, 11) is 0. The Labute approximate surface area is 121 Å². The lowest BCUT2D eigenvalue weighted by molar-refractivity contribution is 0.0693. The van der Waals surface area contributed by atoms with Crippen LogP contribution in [0.25, 0.3) is 0 Å². The fraction of sp³-hybridized carbons (Fsp3) is 0. The van der Waals surface area contributed by atoms with Crippen molar-refractivity contribution < 1.29 is 33.0 Å². The molecule has 0 saturated heterocycles. The normalized spacial score (nSPS) is 10.3. The van der Waals surface area contributed by atoms with E-state index in [1.54, 1.807) is 0 Å². The van der Waals surface area contributed by atoms with Crippen LogP contribution in [0.15, 0.2) is 30.3 Å². The van der Waals surface area contributed by atoms with Crippen molar-refractivity contribution in [2.45, 2.75) is 0 Å². The highest BCUT2D eigenvalue weighted by Crippen LogP contribution is 2.23. The molecule has 0 aliphatic carbocycles. The number of nitrogens with one attached hydrogen (secondary N) is 1. The van der Waals surface area contributed by atoms with Gasteiger partial charge in [-0.25, -0.2) is 18.0 Å². The number of halogens is 3. The molecule has 2 rings (SSSR count). The van der Waals surface area contributed by atoms with Gasteiger partial charge in [0.2, 0.25) is 0 Å². The number of hydrogen-bond donors (Lipinski definition) is 3. The molecule has 22 heavy (non-hydrogen) atoms. The van der Waals surface area contributed by atoms with Crippen LogP contribution in [0.2, 0.25) is 0 Å². The number of carbonyl (C=O) groups is 2. The molecule has 0 saturated carbocycles. The molecule has 3 N–H and O–H groups in total. The van der Waals surface area contributed by atoms with Gasteiger partial charge in [0.1, 0.15) is 11.3 Å². The minimum absolute atomic E-state index is 0.0448. The summed E-state index contributed by atoms with van der Waals surface area (Å²) in [5.74, 6) is -7.94. The Bertz CT molecular complexity index is 777. The van der Waals surface area contributed by atoms with Crippen molar-refractivity contribution in [3.63, 3.8) is 0 Å². The van der Waals surface area contributed by atoms with Gasteiger partial charge in [-0.1, -0.05) is 0 Å². The number of carboxylic acid groups (broad SMARTS) is 1. The predicted molar refractivity (Wildman–Crippen MR) is 69.3 cm³/mol. The number of hydrogen-bond acceptors (Lipinski definition) is 3. The average molecular weight is 311 g/mol. The van der Waals surface area contributed by atoms with E-state index in [0.717, 1.165) is 24.3 Å². The summed E-state index contributed by atoms with van der Waals surface area (Å²) in [4.78, 5) is 22.5. The zero-order valence-electron chi connectivity index (χ0n) is 10.7. The first-order chi connectivity index (χ1) is 10.3. The number of anilines is 1. The monoisotopic (exact) mass is 311 g/mol. The molecule has 0 unspecified atom stereocenters. The van der Waals surface area contributed by atoms with Gasteiger partial charge in [0, 0.05) is 11.8 Å². The molecule has 0 fully saturated rings. The van der Waals surface area contributed by atoms with E-state index < -0.39 is 46.2 Å². The van der Waals surface area contributed by atoms with Gasteiger partial charge >= 0.3 is 5.97 Å². The maximum Gasteiger partial charge on any atom is 0.339 e. The Balaban J connectivity index is 2.28. The third kappa shape index (κ3) is 2.85. The van der Waals surface area contributed by atoms with E-state index in [1.807, 2.05) is 0 Å². The Morgan fingerprint density at radius 1 is 0.955 bits per heavy atom. The van der Waals surface area contributed by atoms with Crippen molar-refractivity contribution in [1.29, 1.82) is 0 Å². The standard InChI is InChI=1S/C14H8F3NO4/c15-9-4-3-8(11(16)12(9)17)13(20)18-6-1-2-7(14(21)22)10(19)5-6/h1-5,19H,(H,18,20)(H,21,22). The summed E-state index contributed by atoms with van der Waals surface area (Å²) in [5.41, 5.74) is -1.17. The minimum atomic E-state index is -1.78. The van der Waals surface area contributed by atoms with Crippen LogP contribution >= 0.6 is 0 Å². The van der Waals surface area contributed by atoms with E-state index in [-0.39, 0.29) is 5.69 Å². The molecule has 5 nitrogen and oxygen atoms in total. The summed E-state index contributed by atoms with van der Waals surface area (Å²) in [6.07, 6.45) is 0. The highest BCUT2D eigenvalue weighted by atomic mass is 19.2. The van der Waals surface area contributed by atoms with Crippen molar-refractivity contribution in [3.8, 4) is 5.75 Å². The summed E-state index contributed by atoms with van der Waals surface area (Å²) in [5, 5.41) is 20.3. The van der Waals surface area contributed by atoms with E-state index in [9.17, 15) is 27.9 Å². The second kappa shape index (κ2) is 5.76. The van der Waals surface area contributed by atoms with Crippen LogP contribution in [0.5, 0.6) is 5.75 Å². The molecule has 0 aromatic heterocycles. The molecule has 8 heteroatoms. The van der Waals surface area contributed by atoms with Crippen molar-refractivity contribution in [3.05, 3.63) is 58.9 Å². The number of aromatic carboxylic acids is 1. The van der Waals surface area contributed by atoms with E-state index in [1.165, 1.54) is 0 Å². The summed E-state index contributed by atoms with van der Waals surface area (Å²) in [6, 6.07) is 4.46. The van der Waals surface area contributed by atoms with Crippen molar-refractivity contribution in [2.24, 2.45) is 0 Å². The molecule has 2 aromatic carbocycles. The zero-order valence-corrected chi connectivity index (χ0v) is 10.7. The SMILES string of the molecule is O=C(O)c1ccc(NC(=O)c2ccc(F)c(F)c2F)cc1O. The highest BCUT2D eigenvalue weighted by molar-refractivity contribution is 6.05. The van der Waals surface area contributed by atoms with Gasteiger partial charge in [-0.3, -0.25) is 4.79 Å². The van der Waals surface area contributed by atoms with Gasteiger partial charge in [-0.2, -0.15) is 0 Å². The number of aromatic hydroxyl groups is 1. The molecule has 0 bridgehead atoms. The fourth-order valence-corrected chi connectivity index (χ4v) is 1.69. The molecule has 114 valence electrons. The molecule has 0 aliphatic rings. The van der Waals surface area contributed by atoms with Crippen LogP contribution in [0.1, 0.15) is 20.7 Å². The highest BCUT2D eigenvalue weighted by Gasteiger charge is 2.19. The van der Waals surface area contributed by atoms with Crippen LogP contribution in [0.4, 0.5) is 18.9 Å². The van der Waals surface area contributed by atoms with Crippen LogP contribution in [0.3, 0.4) is 0 Å². The molecule has 0 heterocycles. The second-order valence-corrected chi connectivity index (χ2v) is 4.21. The third-order valence-electron chi connectivity index (χ3n) is 2.77. The Hall–Kier alpha value is -3.03. The van der Waals surface area contributed by atoms with Crippen LogP contribution in [0, 0.1) is 17.5 Å². The van der Waals surface area contributed by atoms with Gasteiger partial charge in [-0.05, 0) is 24.3 Å².